The van der Waals surface area contributed by atoms with Gasteiger partial charge in [-0.05, 0) is 44.4 Å². The topological polar surface area (TPSA) is 29.1 Å². The fourth-order valence-corrected chi connectivity index (χ4v) is 2.73. The van der Waals surface area contributed by atoms with Crippen LogP contribution in [0, 0.1) is 17.8 Å². The maximum Gasteiger partial charge on any atom is 0.223 e. The highest BCUT2D eigenvalue weighted by Gasteiger charge is 2.52. The normalized spacial score (nSPS) is 37.6. The fourth-order valence-electron chi connectivity index (χ4n) is 2.73. The smallest absolute Gasteiger partial charge is 0.223 e. The van der Waals surface area contributed by atoms with Crippen molar-refractivity contribution in [2.75, 3.05) is 6.54 Å². The Morgan fingerprint density at radius 2 is 1.86 bits per heavy atom. The van der Waals surface area contributed by atoms with Crippen LogP contribution in [0.5, 0.6) is 0 Å². The van der Waals surface area contributed by atoms with E-state index in [0.29, 0.717) is 23.7 Å². The molecule has 14 heavy (non-hydrogen) atoms. The number of hydrogen-bond donors (Lipinski definition) is 1. The molecule has 1 amide bonds. The summed E-state index contributed by atoms with van der Waals surface area (Å²) in [5.41, 5.74) is 0. The van der Waals surface area contributed by atoms with Gasteiger partial charge in [0.25, 0.3) is 0 Å². The van der Waals surface area contributed by atoms with Gasteiger partial charge < -0.3 is 5.32 Å². The third kappa shape index (κ3) is 1.84. The lowest BCUT2D eigenvalue weighted by Crippen LogP contribution is -2.25. The number of carbonyl (C=O) groups is 1. The maximum absolute atomic E-state index is 11.7. The lowest BCUT2D eigenvalue weighted by atomic mass is 10.1. The average Bonchev–Trinajstić information content (AvgIpc) is 2.77. The largest absolute Gasteiger partial charge is 0.356 e. The molecule has 2 heteroatoms. The molecule has 1 saturated carbocycles. The summed E-state index contributed by atoms with van der Waals surface area (Å²) in [6.45, 7) is 2.76. The Hall–Kier alpha value is -0.790. The zero-order valence-electron chi connectivity index (χ0n) is 8.83. The minimum Gasteiger partial charge on any atom is -0.356 e. The van der Waals surface area contributed by atoms with Crippen molar-refractivity contribution in [3.8, 4) is 0 Å². The van der Waals surface area contributed by atoms with Gasteiger partial charge in [-0.2, -0.15) is 0 Å². The van der Waals surface area contributed by atoms with Crippen molar-refractivity contribution in [2.45, 2.75) is 32.6 Å². The quantitative estimate of drug-likeness (QED) is 0.669. The van der Waals surface area contributed by atoms with Crippen LogP contribution in [-0.4, -0.2) is 12.5 Å². The minimum atomic E-state index is 0.296. The second kappa shape index (κ2) is 4.16. The summed E-state index contributed by atoms with van der Waals surface area (Å²) in [6, 6.07) is 0. The highest BCUT2D eigenvalue weighted by atomic mass is 16.2. The van der Waals surface area contributed by atoms with Gasteiger partial charge in [0, 0.05) is 12.5 Å². The lowest BCUT2D eigenvalue weighted by molar-refractivity contribution is -0.122. The summed E-state index contributed by atoms with van der Waals surface area (Å²) in [4.78, 5) is 11.7. The van der Waals surface area contributed by atoms with E-state index in [1.807, 2.05) is 6.92 Å². The lowest BCUT2D eigenvalue weighted by Gasteiger charge is -1.99. The summed E-state index contributed by atoms with van der Waals surface area (Å²) in [5.74, 6) is 2.01. The molecule has 0 aromatic rings. The van der Waals surface area contributed by atoms with E-state index in [1.54, 1.807) is 0 Å². The van der Waals surface area contributed by atoms with Crippen LogP contribution in [0.1, 0.15) is 32.6 Å². The molecule has 0 saturated heterocycles. The zero-order chi connectivity index (χ0) is 9.97. The van der Waals surface area contributed by atoms with Gasteiger partial charge in [-0.3, -0.25) is 4.79 Å². The third-order valence-corrected chi connectivity index (χ3v) is 3.49. The molecule has 0 radical (unpaired) electrons. The van der Waals surface area contributed by atoms with Crippen molar-refractivity contribution < 1.29 is 4.79 Å². The van der Waals surface area contributed by atoms with E-state index in [4.69, 9.17) is 0 Å². The van der Waals surface area contributed by atoms with Crippen molar-refractivity contribution in [1.29, 1.82) is 0 Å². The van der Waals surface area contributed by atoms with Crippen molar-refractivity contribution in [1.82, 2.24) is 5.32 Å². The standard InChI is InChI=1S/C12H19NO/c1-2-13-12(14)11-9-7-5-3-4-6-8-10(9)11/h3-4,9-11H,2,5-8H2,1H3,(H,13,14)/b4-3+. The molecule has 0 aliphatic heterocycles. The molecule has 0 spiro atoms. The van der Waals surface area contributed by atoms with Crippen LogP contribution in [0.4, 0.5) is 0 Å². The number of rotatable bonds is 2. The van der Waals surface area contributed by atoms with Crippen LogP contribution in [0.25, 0.3) is 0 Å². The number of carbonyl (C=O) groups excluding carboxylic acids is 1. The van der Waals surface area contributed by atoms with E-state index in [0.717, 1.165) is 19.4 Å². The number of hydrogen-bond acceptors (Lipinski definition) is 1. The van der Waals surface area contributed by atoms with Gasteiger partial charge in [0.05, 0.1) is 0 Å². The van der Waals surface area contributed by atoms with Gasteiger partial charge in [-0.15, -0.1) is 0 Å². The van der Waals surface area contributed by atoms with Crippen LogP contribution in [0.3, 0.4) is 0 Å². The molecule has 2 nitrogen and oxygen atoms in total. The zero-order valence-corrected chi connectivity index (χ0v) is 8.83. The van der Waals surface area contributed by atoms with Gasteiger partial charge in [-0.1, -0.05) is 12.2 Å². The van der Waals surface area contributed by atoms with E-state index in [2.05, 4.69) is 17.5 Å². The molecule has 0 aromatic heterocycles. The highest BCUT2D eigenvalue weighted by molar-refractivity contribution is 5.82. The monoisotopic (exact) mass is 193 g/mol. The summed E-state index contributed by atoms with van der Waals surface area (Å²) < 4.78 is 0. The van der Waals surface area contributed by atoms with E-state index in [-0.39, 0.29) is 0 Å². The van der Waals surface area contributed by atoms with Crippen LogP contribution in [0.15, 0.2) is 12.2 Å². The molecule has 0 aromatic carbocycles. The summed E-state index contributed by atoms with van der Waals surface area (Å²) >= 11 is 0. The Morgan fingerprint density at radius 3 is 2.36 bits per heavy atom. The first kappa shape index (κ1) is 9.75. The predicted octanol–water partition coefficient (Wildman–Crippen LogP) is 2.11. The van der Waals surface area contributed by atoms with E-state index in [1.165, 1.54) is 12.8 Å². The van der Waals surface area contributed by atoms with Crippen LogP contribution >= 0.6 is 0 Å². The van der Waals surface area contributed by atoms with Gasteiger partial charge in [0.2, 0.25) is 5.91 Å². The first-order chi connectivity index (χ1) is 6.84. The van der Waals surface area contributed by atoms with Crippen LogP contribution in [0.2, 0.25) is 0 Å². The molecule has 2 unspecified atom stereocenters. The van der Waals surface area contributed by atoms with Crippen molar-refractivity contribution in [3.63, 3.8) is 0 Å². The first-order valence-corrected chi connectivity index (χ1v) is 5.77. The fraction of sp³-hybridized carbons (Fsp3) is 0.750. The van der Waals surface area contributed by atoms with E-state index < -0.39 is 0 Å². The number of amides is 1. The number of nitrogens with one attached hydrogen (secondary N) is 1. The Bertz CT molecular complexity index is 231. The van der Waals surface area contributed by atoms with Gasteiger partial charge >= 0.3 is 0 Å². The van der Waals surface area contributed by atoms with Crippen LogP contribution in [-0.2, 0) is 4.79 Å². The Kier molecular flexibility index (Phi) is 2.90. The minimum absolute atomic E-state index is 0.296. The van der Waals surface area contributed by atoms with Gasteiger partial charge in [0.1, 0.15) is 0 Å². The molecular formula is C12H19NO. The Balaban J connectivity index is 1.90. The molecule has 1 fully saturated rings. The first-order valence-electron chi connectivity index (χ1n) is 5.77. The Morgan fingerprint density at radius 1 is 1.29 bits per heavy atom. The predicted molar refractivity (Wildman–Crippen MR) is 56.8 cm³/mol. The SMILES string of the molecule is CCNC(=O)C1C2CC/C=C/CCC21. The summed E-state index contributed by atoms with van der Waals surface area (Å²) in [6.07, 6.45) is 9.28. The summed E-state index contributed by atoms with van der Waals surface area (Å²) in [5, 5.41) is 2.95. The molecule has 0 bridgehead atoms. The molecule has 2 atom stereocenters. The van der Waals surface area contributed by atoms with Crippen molar-refractivity contribution in [2.24, 2.45) is 17.8 Å². The molecular weight excluding hydrogens is 174 g/mol. The van der Waals surface area contributed by atoms with E-state index in [9.17, 15) is 4.79 Å². The van der Waals surface area contributed by atoms with Crippen LogP contribution < -0.4 is 5.32 Å². The molecule has 2 aliphatic carbocycles. The number of allylic oxidation sites excluding steroid dienone is 2. The van der Waals surface area contributed by atoms with Gasteiger partial charge in [-0.25, -0.2) is 0 Å². The molecule has 2 aliphatic rings. The molecule has 2 rings (SSSR count). The average molecular weight is 193 g/mol. The van der Waals surface area contributed by atoms with E-state index >= 15 is 0 Å². The maximum atomic E-state index is 11.7. The van der Waals surface area contributed by atoms with Crippen molar-refractivity contribution >= 4 is 5.91 Å². The molecule has 0 heterocycles. The highest BCUT2D eigenvalue weighted by Crippen LogP contribution is 2.52. The molecule has 1 N–H and O–H groups in total. The second-order valence-electron chi connectivity index (χ2n) is 4.37. The Labute approximate surface area is 85.8 Å². The van der Waals surface area contributed by atoms with Gasteiger partial charge in [0.15, 0.2) is 0 Å². The number of fused-ring (bicyclic) bond motifs is 1. The van der Waals surface area contributed by atoms with Crippen molar-refractivity contribution in [3.05, 3.63) is 12.2 Å². The third-order valence-electron chi connectivity index (χ3n) is 3.49. The molecule has 78 valence electrons. The summed E-state index contributed by atoms with van der Waals surface area (Å²) in [7, 11) is 0. The second-order valence-corrected chi connectivity index (χ2v) is 4.37.